The van der Waals surface area contributed by atoms with Crippen LogP contribution in [0.2, 0.25) is 0 Å². The Morgan fingerprint density at radius 2 is 2.19 bits per heavy atom. The summed E-state index contributed by atoms with van der Waals surface area (Å²) in [6.45, 7) is 4.96. The number of aryl methyl sites for hydroxylation is 2. The average molecular weight is 281 g/mol. The first-order valence-electron chi connectivity index (χ1n) is 7.39. The molecule has 0 saturated heterocycles. The van der Waals surface area contributed by atoms with Crippen LogP contribution in [0.15, 0.2) is 12.3 Å². The van der Waals surface area contributed by atoms with E-state index in [1.54, 1.807) is 0 Å². The summed E-state index contributed by atoms with van der Waals surface area (Å²) in [4.78, 5) is 4.39. The molecule has 2 heterocycles. The second-order valence-electron chi connectivity index (χ2n) is 5.63. The van der Waals surface area contributed by atoms with Gasteiger partial charge in [0.2, 0.25) is 0 Å². The van der Waals surface area contributed by atoms with Crippen molar-refractivity contribution in [1.29, 1.82) is 5.26 Å². The van der Waals surface area contributed by atoms with E-state index in [2.05, 4.69) is 23.1 Å². The highest BCUT2D eigenvalue weighted by atomic mass is 15.3. The largest absolute Gasteiger partial charge is 0.383 e. The number of hydrogen-bond acceptors (Lipinski definition) is 4. The van der Waals surface area contributed by atoms with Crippen LogP contribution >= 0.6 is 0 Å². The van der Waals surface area contributed by atoms with Gasteiger partial charge in [0.05, 0.1) is 5.69 Å². The molecule has 1 fully saturated rings. The number of rotatable bonds is 4. The summed E-state index contributed by atoms with van der Waals surface area (Å²) in [5.74, 6) is 0.837. The van der Waals surface area contributed by atoms with Gasteiger partial charge in [-0.05, 0) is 32.3 Å². The second-order valence-corrected chi connectivity index (χ2v) is 5.63. The van der Waals surface area contributed by atoms with E-state index in [1.165, 1.54) is 0 Å². The van der Waals surface area contributed by atoms with Gasteiger partial charge in [0.25, 0.3) is 0 Å². The third kappa shape index (κ3) is 2.49. The van der Waals surface area contributed by atoms with Gasteiger partial charge in [-0.25, -0.2) is 4.98 Å². The van der Waals surface area contributed by atoms with Crippen molar-refractivity contribution in [3.63, 3.8) is 0 Å². The summed E-state index contributed by atoms with van der Waals surface area (Å²) in [5, 5.41) is 13.9. The van der Waals surface area contributed by atoms with Crippen LogP contribution in [0.25, 0.3) is 11.1 Å². The molecule has 5 nitrogen and oxygen atoms in total. The third-order valence-corrected chi connectivity index (χ3v) is 3.86. The minimum atomic E-state index is 0.333. The third-order valence-electron chi connectivity index (χ3n) is 3.86. The summed E-state index contributed by atoms with van der Waals surface area (Å²) < 4.78 is 1.93. The number of pyridine rings is 1. The fourth-order valence-corrected chi connectivity index (χ4v) is 2.63. The number of hydrogen-bond donors (Lipinski definition) is 1. The van der Waals surface area contributed by atoms with Crippen LogP contribution in [-0.4, -0.2) is 14.8 Å². The summed E-state index contributed by atoms with van der Waals surface area (Å²) >= 11 is 0. The number of nitrogens with zero attached hydrogens (tertiary/aromatic N) is 4. The van der Waals surface area contributed by atoms with Crippen LogP contribution in [0, 0.1) is 18.3 Å². The Bertz CT molecular complexity index is 719. The van der Waals surface area contributed by atoms with Crippen molar-refractivity contribution in [2.24, 2.45) is 0 Å². The highest BCUT2D eigenvalue weighted by Crippen LogP contribution is 2.41. The van der Waals surface area contributed by atoms with Crippen LogP contribution < -0.4 is 5.73 Å². The highest BCUT2D eigenvalue weighted by molar-refractivity contribution is 5.76. The minimum absolute atomic E-state index is 0.333. The van der Waals surface area contributed by atoms with E-state index in [9.17, 15) is 5.26 Å². The number of nitrogens with two attached hydrogens (primary N) is 1. The molecule has 5 heteroatoms. The molecular formula is C16H19N5. The van der Waals surface area contributed by atoms with Gasteiger partial charge in [0, 0.05) is 35.5 Å². The summed E-state index contributed by atoms with van der Waals surface area (Å²) in [6.07, 6.45) is 5.35. The standard InChI is InChI=1S/C16H19N5/c1-3-6-21-9-14(10(2)20-21)12-7-15(11-4-5-11)19-16(18)13(12)8-17/h7,9,11H,3-6H2,1-2H3,(H2,18,19). The smallest absolute Gasteiger partial charge is 0.142 e. The maximum Gasteiger partial charge on any atom is 0.142 e. The molecule has 0 spiro atoms. The van der Waals surface area contributed by atoms with E-state index in [4.69, 9.17) is 5.73 Å². The van der Waals surface area contributed by atoms with Crippen LogP contribution in [0.3, 0.4) is 0 Å². The van der Waals surface area contributed by atoms with E-state index < -0.39 is 0 Å². The van der Waals surface area contributed by atoms with E-state index in [0.29, 0.717) is 17.3 Å². The number of nitrogen functional groups attached to an aromatic ring is 1. The summed E-state index contributed by atoms with van der Waals surface area (Å²) in [7, 11) is 0. The molecule has 1 aliphatic carbocycles. The Morgan fingerprint density at radius 3 is 2.81 bits per heavy atom. The second kappa shape index (κ2) is 5.21. The van der Waals surface area contributed by atoms with Crippen LogP contribution in [0.1, 0.15) is 49.1 Å². The van der Waals surface area contributed by atoms with Gasteiger partial charge in [-0.15, -0.1) is 0 Å². The number of nitriles is 1. The van der Waals surface area contributed by atoms with Gasteiger partial charge >= 0.3 is 0 Å². The first-order valence-corrected chi connectivity index (χ1v) is 7.39. The fraction of sp³-hybridized carbons (Fsp3) is 0.438. The van der Waals surface area contributed by atoms with Crippen molar-refractivity contribution in [2.45, 2.75) is 45.6 Å². The molecule has 21 heavy (non-hydrogen) atoms. The lowest BCUT2D eigenvalue weighted by Crippen LogP contribution is -2.01. The molecular weight excluding hydrogens is 262 g/mol. The fourth-order valence-electron chi connectivity index (χ4n) is 2.63. The average Bonchev–Trinajstić information content (AvgIpc) is 3.23. The van der Waals surface area contributed by atoms with Crippen molar-refractivity contribution < 1.29 is 0 Å². The molecule has 2 N–H and O–H groups in total. The minimum Gasteiger partial charge on any atom is -0.383 e. The van der Waals surface area contributed by atoms with Gasteiger partial charge in [-0.2, -0.15) is 10.4 Å². The molecule has 1 aliphatic rings. The van der Waals surface area contributed by atoms with Crippen molar-refractivity contribution in [3.8, 4) is 17.2 Å². The van der Waals surface area contributed by atoms with Crippen LogP contribution in [0.5, 0.6) is 0 Å². The van der Waals surface area contributed by atoms with E-state index in [1.807, 2.05) is 23.9 Å². The zero-order chi connectivity index (χ0) is 15.0. The Hall–Kier alpha value is -2.35. The molecule has 0 amide bonds. The zero-order valence-corrected chi connectivity index (χ0v) is 12.4. The molecule has 108 valence electrons. The normalized spacial score (nSPS) is 14.1. The van der Waals surface area contributed by atoms with E-state index in [-0.39, 0.29) is 0 Å². The zero-order valence-electron chi connectivity index (χ0n) is 12.4. The first kappa shape index (κ1) is 13.6. The monoisotopic (exact) mass is 281 g/mol. The molecule has 0 aliphatic heterocycles. The molecule has 0 aromatic carbocycles. The lowest BCUT2D eigenvalue weighted by molar-refractivity contribution is 0.598. The quantitative estimate of drug-likeness (QED) is 0.934. The van der Waals surface area contributed by atoms with Gasteiger partial charge in [-0.1, -0.05) is 6.92 Å². The van der Waals surface area contributed by atoms with Crippen LogP contribution in [-0.2, 0) is 6.54 Å². The molecule has 0 unspecified atom stereocenters. The maximum atomic E-state index is 9.41. The van der Waals surface area contributed by atoms with Gasteiger partial charge < -0.3 is 5.73 Å². The maximum absolute atomic E-state index is 9.41. The Kier molecular flexibility index (Phi) is 3.38. The highest BCUT2D eigenvalue weighted by Gasteiger charge is 2.27. The molecule has 2 aromatic heterocycles. The van der Waals surface area contributed by atoms with Crippen molar-refractivity contribution in [1.82, 2.24) is 14.8 Å². The lowest BCUT2D eigenvalue weighted by atomic mass is 10.00. The Balaban J connectivity index is 2.14. The molecule has 0 bridgehead atoms. The first-order chi connectivity index (χ1) is 10.1. The van der Waals surface area contributed by atoms with Gasteiger partial charge in [-0.3, -0.25) is 4.68 Å². The van der Waals surface area contributed by atoms with Gasteiger partial charge in [0.15, 0.2) is 0 Å². The van der Waals surface area contributed by atoms with E-state index in [0.717, 1.165) is 48.3 Å². The predicted molar refractivity (Wildman–Crippen MR) is 81.6 cm³/mol. The van der Waals surface area contributed by atoms with Crippen molar-refractivity contribution in [2.75, 3.05) is 5.73 Å². The van der Waals surface area contributed by atoms with Crippen molar-refractivity contribution >= 4 is 5.82 Å². The number of anilines is 1. The molecule has 2 aromatic rings. The lowest BCUT2D eigenvalue weighted by Gasteiger charge is -2.08. The van der Waals surface area contributed by atoms with E-state index >= 15 is 0 Å². The predicted octanol–water partition coefficient (Wildman–Crippen LogP) is 2.99. The number of aromatic nitrogens is 3. The van der Waals surface area contributed by atoms with Gasteiger partial charge in [0.1, 0.15) is 17.5 Å². The van der Waals surface area contributed by atoms with Crippen molar-refractivity contribution in [3.05, 3.63) is 29.2 Å². The molecule has 1 saturated carbocycles. The SMILES string of the molecule is CCCn1cc(-c2cc(C3CC3)nc(N)c2C#N)c(C)n1. The molecule has 3 rings (SSSR count). The Labute approximate surface area is 124 Å². The molecule has 0 atom stereocenters. The van der Waals surface area contributed by atoms with Crippen LogP contribution in [0.4, 0.5) is 5.82 Å². The summed E-state index contributed by atoms with van der Waals surface area (Å²) in [5.41, 5.74) is 10.2. The summed E-state index contributed by atoms with van der Waals surface area (Å²) in [6, 6.07) is 4.21. The Morgan fingerprint density at radius 1 is 1.43 bits per heavy atom. The topological polar surface area (TPSA) is 80.5 Å². The molecule has 0 radical (unpaired) electrons.